The Bertz CT molecular complexity index is 591. The van der Waals surface area contributed by atoms with Crippen LogP contribution in [0.3, 0.4) is 0 Å². The quantitative estimate of drug-likeness (QED) is 0.804. The molecular weight excluding hydrogens is 273 g/mol. The highest BCUT2D eigenvalue weighted by Gasteiger charge is 2.32. The molecule has 1 amide bonds. The van der Waals surface area contributed by atoms with Gasteiger partial charge in [0.15, 0.2) is 0 Å². The topological polar surface area (TPSA) is 93.4 Å². The molecule has 2 heterocycles. The molecule has 1 aliphatic heterocycles. The van der Waals surface area contributed by atoms with Crippen molar-refractivity contribution in [1.29, 1.82) is 0 Å². The van der Waals surface area contributed by atoms with Crippen molar-refractivity contribution < 1.29 is 17.1 Å². The van der Waals surface area contributed by atoms with Gasteiger partial charge < -0.3 is 10.6 Å². The Kier molecular flexibility index (Phi) is 3.70. The number of nitrogen functional groups attached to an aromatic ring is 1. The van der Waals surface area contributed by atoms with E-state index in [1.807, 2.05) is 0 Å². The van der Waals surface area contributed by atoms with Crippen molar-refractivity contribution >= 4 is 21.9 Å². The molecule has 2 rings (SSSR count). The van der Waals surface area contributed by atoms with Crippen LogP contribution in [0.15, 0.2) is 18.3 Å². The van der Waals surface area contributed by atoms with Crippen LogP contribution in [0.1, 0.15) is 12.0 Å². The second-order valence-corrected chi connectivity index (χ2v) is 6.05. The molecule has 1 fully saturated rings. The summed E-state index contributed by atoms with van der Waals surface area (Å²) >= 11 is 0. The van der Waals surface area contributed by atoms with E-state index in [4.69, 9.17) is 5.73 Å². The van der Waals surface area contributed by atoms with Crippen molar-refractivity contribution in [1.82, 2.24) is 9.88 Å². The SMILES string of the molecule is Nc1cc(CN2CC(CS(=O)(=O)F)CC2=O)ccn1. The van der Waals surface area contributed by atoms with E-state index in [2.05, 4.69) is 4.98 Å². The number of halogens is 1. The molecule has 1 atom stereocenters. The number of carbonyl (C=O) groups is 1. The first-order chi connectivity index (χ1) is 8.83. The zero-order chi connectivity index (χ0) is 14.0. The van der Waals surface area contributed by atoms with Gasteiger partial charge in [-0.05, 0) is 17.7 Å². The fraction of sp³-hybridized carbons (Fsp3) is 0.455. The lowest BCUT2D eigenvalue weighted by molar-refractivity contribution is -0.128. The maximum Gasteiger partial charge on any atom is 0.302 e. The predicted molar refractivity (Wildman–Crippen MR) is 67.1 cm³/mol. The maximum atomic E-state index is 12.6. The van der Waals surface area contributed by atoms with Gasteiger partial charge in [0.25, 0.3) is 0 Å². The van der Waals surface area contributed by atoms with Gasteiger partial charge in [0.2, 0.25) is 5.91 Å². The summed E-state index contributed by atoms with van der Waals surface area (Å²) in [6, 6.07) is 3.37. The molecule has 19 heavy (non-hydrogen) atoms. The first kappa shape index (κ1) is 13.7. The van der Waals surface area contributed by atoms with Crippen LogP contribution in [0, 0.1) is 5.92 Å². The lowest BCUT2D eigenvalue weighted by Gasteiger charge is -2.16. The fourth-order valence-electron chi connectivity index (χ4n) is 2.21. The molecule has 0 saturated carbocycles. The largest absolute Gasteiger partial charge is 0.384 e. The van der Waals surface area contributed by atoms with Gasteiger partial charge in [-0.1, -0.05) is 0 Å². The summed E-state index contributed by atoms with van der Waals surface area (Å²) in [5.74, 6) is -0.911. The van der Waals surface area contributed by atoms with Crippen LogP contribution in [-0.2, 0) is 21.6 Å². The molecule has 2 N–H and O–H groups in total. The summed E-state index contributed by atoms with van der Waals surface area (Å²) in [5, 5.41) is 0. The van der Waals surface area contributed by atoms with Crippen LogP contribution >= 0.6 is 0 Å². The fourth-order valence-corrected chi connectivity index (χ4v) is 3.00. The molecule has 0 aromatic carbocycles. The van der Waals surface area contributed by atoms with Crippen molar-refractivity contribution in [3.8, 4) is 0 Å². The Hall–Kier alpha value is -1.70. The zero-order valence-electron chi connectivity index (χ0n) is 10.1. The standard InChI is InChI=1S/C11H14FN3O3S/c12-19(17,18)7-9-4-11(16)15(6-9)5-8-1-2-14-10(13)3-8/h1-3,9H,4-7H2,(H2,13,14). The van der Waals surface area contributed by atoms with Gasteiger partial charge in [-0.25, -0.2) is 4.98 Å². The minimum absolute atomic E-state index is 0.0592. The summed E-state index contributed by atoms with van der Waals surface area (Å²) < 4.78 is 33.8. The highest BCUT2D eigenvalue weighted by atomic mass is 32.3. The zero-order valence-corrected chi connectivity index (χ0v) is 10.9. The first-order valence-corrected chi connectivity index (χ1v) is 7.29. The van der Waals surface area contributed by atoms with E-state index in [9.17, 15) is 17.1 Å². The molecule has 1 saturated heterocycles. The third kappa shape index (κ3) is 3.88. The number of hydrogen-bond acceptors (Lipinski definition) is 5. The monoisotopic (exact) mass is 287 g/mol. The van der Waals surface area contributed by atoms with Crippen LogP contribution in [0.25, 0.3) is 0 Å². The number of aromatic nitrogens is 1. The Morgan fingerprint density at radius 2 is 2.26 bits per heavy atom. The van der Waals surface area contributed by atoms with Crippen molar-refractivity contribution in [2.75, 3.05) is 18.0 Å². The highest BCUT2D eigenvalue weighted by Crippen LogP contribution is 2.22. The van der Waals surface area contributed by atoms with Gasteiger partial charge in [0, 0.05) is 31.6 Å². The molecule has 1 unspecified atom stereocenters. The maximum absolute atomic E-state index is 12.6. The van der Waals surface area contributed by atoms with Crippen LogP contribution < -0.4 is 5.73 Å². The molecule has 0 aliphatic carbocycles. The molecule has 1 aromatic rings. The number of anilines is 1. The molecule has 0 radical (unpaired) electrons. The van der Waals surface area contributed by atoms with E-state index in [0.717, 1.165) is 5.56 Å². The number of rotatable bonds is 4. The minimum Gasteiger partial charge on any atom is -0.384 e. The van der Waals surface area contributed by atoms with Gasteiger partial charge in [-0.2, -0.15) is 8.42 Å². The van der Waals surface area contributed by atoms with Crippen molar-refractivity contribution in [2.45, 2.75) is 13.0 Å². The van der Waals surface area contributed by atoms with Gasteiger partial charge in [0.1, 0.15) is 5.82 Å². The summed E-state index contributed by atoms with van der Waals surface area (Å²) in [7, 11) is -4.54. The summed E-state index contributed by atoms with van der Waals surface area (Å²) in [6.07, 6.45) is 1.60. The van der Waals surface area contributed by atoms with E-state index >= 15 is 0 Å². The second-order valence-electron chi connectivity index (χ2n) is 4.64. The van der Waals surface area contributed by atoms with Crippen molar-refractivity contribution in [3.05, 3.63) is 23.9 Å². The number of pyridine rings is 1. The Balaban J connectivity index is 2.01. The second kappa shape index (κ2) is 5.12. The van der Waals surface area contributed by atoms with Gasteiger partial charge in [0.05, 0.1) is 5.75 Å². The molecular formula is C11H14FN3O3S. The number of amides is 1. The highest BCUT2D eigenvalue weighted by molar-refractivity contribution is 7.86. The predicted octanol–water partition coefficient (Wildman–Crippen LogP) is 0.312. The van der Waals surface area contributed by atoms with E-state index in [1.54, 1.807) is 12.1 Å². The lowest BCUT2D eigenvalue weighted by Crippen LogP contribution is -2.25. The average Bonchev–Trinajstić information content (AvgIpc) is 2.56. The van der Waals surface area contributed by atoms with E-state index in [0.29, 0.717) is 12.4 Å². The Morgan fingerprint density at radius 1 is 1.53 bits per heavy atom. The molecule has 8 heteroatoms. The number of likely N-dealkylation sites (tertiary alicyclic amines) is 1. The summed E-state index contributed by atoms with van der Waals surface area (Å²) in [6.45, 7) is 0.568. The Labute approximate surface area is 110 Å². The van der Waals surface area contributed by atoms with Gasteiger partial charge in [-0.15, -0.1) is 3.89 Å². The van der Waals surface area contributed by atoms with Crippen molar-refractivity contribution in [3.63, 3.8) is 0 Å². The van der Waals surface area contributed by atoms with E-state index in [1.165, 1.54) is 11.1 Å². The number of nitrogens with two attached hydrogens (primary N) is 1. The normalized spacial score (nSPS) is 19.9. The smallest absolute Gasteiger partial charge is 0.302 e. The van der Waals surface area contributed by atoms with Gasteiger partial charge >= 0.3 is 10.2 Å². The Morgan fingerprint density at radius 3 is 2.89 bits per heavy atom. The summed E-state index contributed by atoms with van der Waals surface area (Å²) in [5.41, 5.74) is 6.34. The molecule has 1 aliphatic rings. The first-order valence-electron chi connectivity index (χ1n) is 5.74. The van der Waals surface area contributed by atoms with Gasteiger partial charge in [-0.3, -0.25) is 4.79 Å². The van der Waals surface area contributed by atoms with Crippen molar-refractivity contribution in [2.24, 2.45) is 5.92 Å². The third-order valence-electron chi connectivity index (χ3n) is 2.95. The summed E-state index contributed by atoms with van der Waals surface area (Å²) in [4.78, 5) is 17.1. The number of carbonyl (C=O) groups excluding carboxylic acids is 1. The van der Waals surface area contributed by atoms with E-state index in [-0.39, 0.29) is 18.9 Å². The lowest BCUT2D eigenvalue weighted by atomic mass is 10.1. The molecule has 0 bridgehead atoms. The number of hydrogen-bond donors (Lipinski definition) is 1. The molecule has 1 aromatic heterocycles. The minimum atomic E-state index is -4.54. The van der Waals surface area contributed by atoms with Crippen LogP contribution in [0.5, 0.6) is 0 Å². The van der Waals surface area contributed by atoms with E-state index < -0.39 is 21.9 Å². The number of nitrogens with zero attached hydrogens (tertiary/aromatic N) is 2. The van der Waals surface area contributed by atoms with Crippen LogP contribution in [0.2, 0.25) is 0 Å². The third-order valence-corrected chi connectivity index (χ3v) is 3.82. The average molecular weight is 287 g/mol. The van der Waals surface area contributed by atoms with Crippen LogP contribution in [0.4, 0.5) is 9.70 Å². The molecule has 6 nitrogen and oxygen atoms in total. The van der Waals surface area contributed by atoms with Crippen LogP contribution in [-0.4, -0.2) is 36.5 Å². The molecule has 0 spiro atoms. The molecule has 104 valence electrons.